The van der Waals surface area contributed by atoms with Crippen LogP contribution in [0.4, 0.5) is 5.13 Å². The van der Waals surface area contributed by atoms with Gasteiger partial charge in [0, 0.05) is 18.7 Å². The fourth-order valence-corrected chi connectivity index (χ4v) is 8.99. The predicted molar refractivity (Wildman–Crippen MR) is 148 cm³/mol. The average molecular weight is 515 g/mol. The minimum Gasteiger partial charge on any atom is -0.508 e. The van der Waals surface area contributed by atoms with Crippen LogP contribution in [0.15, 0.2) is 49.0 Å². The van der Waals surface area contributed by atoms with E-state index in [9.17, 15) is 10.2 Å². The molecule has 8 rings (SSSR count). The van der Waals surface area contributed by atoms with Gasteiger partial charge in [-0.05, 0) is 102 Å². The van der Waals surface area contributed by atoms with E-state index in [1.807, 2.05) is 24.3 Å². The Bertz CT molecular complexity index is 1320. The molecule has 192 valence electrons. The number of phenols is 1. The van der Waals surface area contributed by atoms with Gasteiger partial charge in [0.15, 0.2) is 5.13 Å². The lowest BCUT2D eigenvalue weighted by atomic mass is 9.48. The Balaban J connectivity index is 1.19. The van der Waals surface area contributed by atoms with Crippen molar-refractivity contribution in [3.63, 3.8) is 0 Å². The monoisotopic (exact) mass is 514 g/mol. The average Bonchev–Trinajstić information content (AvgIpc) is 3.30. The molecule has 2 N–H and O–H groups in total. The first-order valence-electron chi connectivity index (χ1n) is 13.6. The number of thiazole rings is 1. The maximum atomic E-state index is 11.0. The summed E-state index contributed by atoms with van der Waals surface area (Å²) in [5.74, 6) is 2.98. The molecular weight excluding hydrogens is 480 g/mol. The van der Waals surface area contributed by atoms with Gasteiger partial charge >= 0.3 is 0 Å². The number of nitrogens with zero attached hydrogens (tertiary/aromatic N) is 2. The van der Waals surface area contributed by atoms with Crippen molar-refractivity contribution >= 4 is 22.0 Å². The van der Waals surface area contributed by atoms with Crippen molar-refractivity contribution in [1.82, 2.24) is 4.98 Å². The molecule has 6 heteroatoms. The SMILES string of the molecule is C=C(c1cccc(-c2ccc(O)c(C34CC5CC(CC(C5)C3)C4)c2)c1)c1sc(N2CCOCC2)nc1O. The normalized spacial score (nSPS) is 28.5. The first kappa shape index (κ1) is 23.3. The molecule has 1 saturated heterocycles. The van der Waals surface area contributed by atoms with Crippen LogP contribution < -0.4 is 4.90 Å². The summed E-state index contributed by atoms with van der Waals surface area (Å²) in [6.07, 6.45) is 7.85. The van der Waals surface area contributed by atoms with Gasteiger partial charge in [-0.1, -0.05) is 42.2 Å². The maximum Gasteiger partial charge on any atom is 0.232 e. The van der Waals surface area contributed by atoms with Gasteiger partial charge in [0.2, 0.25) is 5.88 Å². The highest BCUT2D eigenvalue weighted by Crippen LogP contribution is 2.62. The lowest BCUT2D eigenvalue weighted by Gasteiger charge is -2.57. The zero-order chi connectivity index (χ0) is 25.1. The number of aromatic hydroxyl groups is 2. The summed E-state index contributed by atoms with van der Waals surface area (Å²) in [6, 6.07) is 14.5. The molecule has 0 spiro atoms. The van der Waals surface area contributed by atoms with E-state index in [0.29, 0.717) is 23.8 Å². The molecule has 1 aromatic heterocycles. The summed E-state index contributed by atoms with van der Waals surface area (Å²) in [6.45, 7) is 7.25. The fourth-order valence-electron chi connectivity index (χ4n) is 7.99. The van der Waals surface area contributed by atoms with Gasteiger partial charge in [-0.3, -0.25) is 0 Å². The van der Waals surface area contributed by atoms with Crippen molar-refractivity contribution in [2.45, 2.75) is 43.9 Å². The standard InChI is InChI=1S/C31H34N2O3S/c1-19(28-29(35)32-30(37-28)33-7-9-36-10-8-33)23-3-2-4-24(14-23)25-5-6-27(34)26(15-25)31-16-20-11-21(17-31)13-22(12-20)18-31/h2-6,14-15,20-22,34-35H,1,7-13,16-18H2. The first-order valence-corrected chi connectivity index (χ1v) is 14.5. The smallest absolute Gasteiger partial charge is 0.232 e. The van der Waals surface area contributed by atoms with Gasteiger partial charge in [-0.2, -0.15) is 4.98 Å². The topological polar surface area (TPSA) is 65.8 Å². The zero-order valence-corrected chi connectivity index (χ0v) is 22.0. The van der Waals surface area contributed by atoms with Crippen LogP contribution in [0.5, 0.6) is 11.6 Å². The summed E-state index contributed by atoms with van der Waals surface area (Å²) < 4.78 is 5.45. The molecular formula is C31H34N2O3S. The minimum absolute atomic E-state index is 0.0376. The predicted octanol–water partition coefficient (Wildman–Crippen LogP) is 6.59. The Hall–Kier alpha value is -2.83. The molecule has 4 bridgehead atoms. The highest BCUT2D eigenvalue weighted by Gasteiger charge is 2.52. The van der Waals surface area contributed by atoms with Gasteiger partial charge in [0.05, 0.1) is 18.1 Å². The Morgan fingerprint density at radius 3 is 2.32 bits per heavy atom. The molecule has 37 heavy (non-hydrogen) atoms. The second kappa shape index (κ2) is 8.88. The van der Waals surface area contributed by atoms with E-state index in [0.717, 1.165) is 63.8 Å². The number of anilines is 1. The van der Waals surface area contributed by atoms with E-state index in [1.54, 1.807) is 0 Å². The van der Waals surface area contributed by atoms with Crippen molar-refractivity contribution in [2.24, 2.45) is 17.8 Å². The molecule has 1 aliphatic heterocycles. The van der Waals surface area contributed by atoms with Crippen LogP contribution in [0.1, 0.15) is 54.5 Å². The number of benzene rings is 2. The molecule has 2 heterocycles. The second-order valence-electron chi connectivity index (χ2n) is 11.7. The Morgan fingerprint density at radius 1 is 0.946 bits per heavy atom. The van der Waals surface area contributed by atoms with Crippen LogP contribution in [0.25, 0.3) is 16.7 Å². The van der Waals surface area contributed by atoms with Crippen LogP contribution in [-0.2, 0) is 10.2 Å². The second-order valence-corrected chi connectivity index (χ2v) is 12.7. The van der Waals surface area contributed by atoms with Crippen molar-refractivity contribution in [1.29, 1.82) is 0 Å². The van der Waals surface area contributed by atoms with E-state index in [4.69, 9.17) is 4.74 Å². The molecule has 3 aromatic rings. The Kier molecular flexibility index (Phi) is 5.59. The van der Waals surface area contributed by atoms with Gasteiger partial charge in [-0.25, -0.2) is 0 Å². The largest absolute Gasteiger partial charge is 0.508 e. The number of morpholine rings is 1. The van der Waals surface area contributed by atoms with E-state index in [-0.39, 0.29) is 11.3 Å². The van der Waals surface area contributed by atoms with Gasteiger partial charge in [-0.15, -0.1) is 0 Å². The molecule has 5 aliphatic rings. The van der Waals surface area contributed by atoms with Crippen molar-refractivity contribution in [3.05, 3.63) is 65.0 Å². The van der Waals surface area contributed by atoms with Crippen molar-refractivity contribution < 1.29 is 14.9 Å². The third kappa shape index (κ3) is 4.05. The number of hydrogen-bond acceptors (Lipinski definition) is 6. The molecule has 0 atom stereocenters. The minimum atomic E-state index is 0.0376. The summed E-state index contributed by atoms with van der Waals surface area (Å²) in [5, 5.41) is 22.5. The zero-order valence-electron chi connectivity index (χ0n) is 21.2. The number of aromatic nitrogens is 1. The Labute approximate surface area is 222 Å². The number of ether oxygens (including phenoxy) is 1. The van der Waals surface area contributed by atoms with E-state index < -0.39 is 0 Å². The molecule has 0 radical (unpaired) electrons. The van der Waals surface area contributed by atoms with Crippen LogP contribution in [0.3, 0.4) is 0 Å². The number of hydrogen-bond donors (Lipinski definition) is 2. The lowest BCUT2D eigenvalue weighted by Crippen LogP contribution is -2.48. The molecule has 4 aliphatic carbocycles. The molecule has 4 saturated carbocycles. The van der Waals surface area contributed by atoms with Gasteiger partial charge in [0.1, 0.15) is 5.75 Å². The van der Waals surface area contributed by atoms with Crippen LogP contribution in [-0.4, -0.2) is 41.5 Å². The summed E-state index contributed by atoms with van der Waals surface area (Å²) in [7, 11) is 0. The summed E-state index contributed by atoms with van der Waals surface area (Å²) in [4.78, 5) is 7.29. The molecule has 5 nitrogen and oxygen atoms in total. The van der Waals surface area contributed by atoms with E-state index >= 15 is 0 Å². The van der Waals surface area contributed by atoms with Crippen LogP contribution in [0, 0.1) is 17.8 Å². The Morgan fingerprint density at radius 2 is 1.62 bits per heavy atom. The van der Waals surface area contributed by atoms with Gasteiger partial charge < -0.3 is 19.8 Å². The van der Waals surface area contributed by atoms with Crippen molar-refractivity contribution in [2.75, 3.05) is 31.2 Å². The molecule has 5 fully saturated rings. The van der Waals surface area contributed by atoms with Crippen LogP contribution >= 0.6 is 11.3 Å². The van der Waals surface area contributed by atoms with E-state index in [1.165, 1.54) is 49.9 Å². The summed E-state index contributed by atoms with van der Waals surface area (Å²) in [5.41, 5.74) is 5.26. The highest BCUT2D eigenvalue weighted by molar-refractivity contribution is 7.17. The number of phenolic OH excluding ortho intramolecular Hbond substituents is 1. The third-order valence-corrected chi connectivity index (χ3v) is 10.5. The van der Waals surface area contributed by atoms with Crippen LogP contribution in [0.2, 0.25) is 0 Å². The molecule has 0 amide bonds. The number of rotatable bonds is 5. The third-order valence-electron chi connectivity index (χ3n) is 9.30. The first-order chi connectivity index (χ1) is 18.0. The fraction of sp³-hybridized carbons (Fsp3) is 0.452. The molecule has 2 aromatic carbocycles. The molecule has 0 unspecified atom stereocenters. The quantitative estimate of drug-likeness (QED) is 0.402. The van der Waals surface area contributed by atoms with Crippen molar-refractivity contribution in [3.8, 4) is 22.8 Å². The highest BCUT2D eigenvalue weighted by atomic mass is 32.1. The maximum absolute atomic E-state index is 11.0. The van der Waals surface area contributed by atoms with Gasteiger partial charge in [0.25, 0.3) is 0 Å². The lowest BCUT2D eigenvalue weighted by molar-refractivity contribution is -0.00611. The van der Waals surface area contributed by atoms with E-state index in [2.05, 4.69) is 34.7 Å². The summed E-state index contributed by atoms with van der Waals surface area (Å²) >= 11 is 1.48.